The smallest absolute Gasteiger partial charge is 0.352 e. The van der Waals surface area contributed by atoms with E-state index in [0.29, 0.717) is 32.7 Å². The number of aromatic nitrogens is 2. The van der Waals surface area contributed by atoms with Crippen LogP contribution in [-0.4, -0.2) is 53.2 Å². The largest absolute Gasteiger partial charge is 0.435 e. The third kappa shape index (κ3) is 4.07. The highest BCUT2D eigenvalue weighted by atomic mass is 19.4. The van der Waals surface area contributed by atoms with Crippen LogP contribution in [0.4, 0.5) is 13.2 Å². The Labute approximate surface area is 137 Å². The van der Waals surface area contributed by atoms with Gasteiger partial charge in [0.25, 0.3) is 0 Å². The average molecular weight is 347 g/mol. The van der Waals surface area contributed by atoms with Crippen LogP contribution in [0.1, 0.15) is 37.4 Å². The molecule has 0 saturated carbocycles. The van der Waals surface area contributed by atoms with E-state index in [9.17, 15) is 18.0 Å². The van der Waals surface area contributed by atoms with E-state index < -0.39 is 18.2 Å². The molecule has 0 spiro atoms. The zero-order valence-corrected chi connectivity index (χ0v) is 13.2. The van der Waals surface area contributed by atoms with E-state index in [1.165, 1.54) is 10.9 Å². The van der Waals surface area contributed by atoms with Crippen LogP contribution in [0.25, 0.3) is 0 Å². The van der Waals surface area contributed by atoms with Crippen molar-refractivity contribution in [3.8, 4) is 0 Å². The van der Waals surface area contributed by atoms with E-state index in [1.54, 1.807) is 4.90 Å². The van der Waals surface area contributed by atoms with Gasteiger partial charge in [-0.2, -0.15) is 18.3 Å². The number of halogens is 3. The molecule has 0 radical (unpaired) electrons. The zero-order valence-electron chi connectivity index (χ0n) is 13.2. The number of piperidine rings is 1. The Bertz CT molecular complexity index is 570. The van der Waals surface area contributed by atoms with Crippen molar-refractivity contribution in [3.63, 3.8) is 0 Å². The van der Waals surface area contributed by atoms with E-state index in [1.807, 2.05) is 0 Å². The molecular weight excluding hydrogens is 327 g/mol. The Kier molecular flexibility index (Phi) is 5.09. The Hall–Kier alpha value is -1.61. The van der Waals surface area contributed by atoms with Gasteiger partial charge in [0.1, 0.15) is 0 Å². The lowest BCUT2D eigenvalue weighted by Crippen LogP contribution is -2.43. The molecule has 1 amide bonds. The molecule has 2 fully saturated rings. The molecule has 9 heteroatoms. The first-order valence-electron chi connectivity index (χ1n) is 8.07. The van der Waals surface area contributed by atoms with Crippen molar-refractivity contribution in [1.29, 1.82) is 0 Å². The number of carbonyl (C=O) groups excluding carboxylic acids is 1. The van der Waals surface area contributed by atoms with Gasteiger partial charge >= 0.3 is 6.18 Å². The first kappa shape index (κ1) is 17.2. The highest BCUT2D eigenvalue weighted by Gasteiger charge is 2.35. The summed E-state index contributed by atoms with van der Waals surface area (Å²) in [6, 6.07) is 0.719. The van der Waals surface area contributed by atoms with E-state index in [0.717, 1.165) is 18.9 Å². The topological polar surface area (TPSA) is 56.6 Å². The molecule has 0 bridgehead atoms. The summed E-state index contributed by atoms with van der Waals surface area (Å²) in [6.07, 6.45) is -1.27. The van der Waals surface area contributed by atoms with E-state index >= 15 is 0 Å². The summed E-state index contributed by atoms with van der Waals surface area (Å²) in [5, 5.41) is 3.62. The number of carbonyl (C=O) groups is 1. The summed E-state index contributed by atoms with van der Waals surface area (Å²) in [4.78, 5) is 14.0. The highest BCUT2D eigenvalue weighted by Crippen LogP contribution is 2.29. The maximum atomic E-state index is 12.7. The number of alkyl halides is 3. The van der Waals surface area contributed by atoms with Gasteiger partial charge in [-0.3, -0.25) is 9.48 Å². The summed E-state index contributed by atoms with van der Waals surface area (Å²) in [5.74, 6) is -0.102. The standard InChI is InChI=1S/C15H20F3N3O3/c16-15(17,18)12-4-6-21(19-12)11-3-1-5-20(10-11)13(22)9-14-23-7-2-8-24-14/h4,6,11,14H,1-3,5,7-10H2. The normalized spacial score (nSPS) is 23.5. The van der Waals surface area contributed by atoms with Gasteiger partial charge in [0.15, 0.2) is 12.0 Å². The summed E-state index contributed by atoms with van der Waals surface area (Å²) in [7, 11) is 0. The minimum atomic E-state index is -4.45. The molecule has 0 aromatic carbocycles. The van der Waals surface area contributed by atoms with Crippen molar-refractivity contribution >= 4 is 5.91 Å². The van der Waals surface area contributed by atoms with Crippen molar-refractivity contribution in [2.75, 3.05) is 26.3 Å². The quantitative estimate of drug-likeness (QED) is 0.841. The third-order valence-corrected chi connectivity index (χ3v) is 4.26. The zero-order chi connectivity index (χ0) is 17.2. The molecule has 134 valence electrons. The predicted molar refractivity (Wildman–Crippen MR) is 77.0 cm³/mol. The van der Waals surface area contributed by atoms with Gasteiger partial charge in [-0.25, -0.2) is 0 Å². The lowest BCUT2D eigenvalue weighted by Gasteiger charge is -2.34. The van der Waals surface area contributed by atoms with Crippen LogP contribution >= 0.6 is 0 Å². The van der Waals surface area contributed by atoms with Crippen LogP contribution in [0.15, 0.2) is 12.3 Å². The van der Waals surface area contributed by atoms with Crippen molar-refractivity contribution in [2.24, 2.45) is 0 Å². The van der Waals surface area contributed by atoms with E-state index in [4.69, 9.17) is 9.47 Å². The molecule has 3 heterocycles. The Morgan fingerprint density at radius 3 is 2.71 bits per heavy atom. The molecule has 24 heavy (non-hydrogen) atoms. The van der Waals surface area contributed by atoms with Gasteiger partial charge < -0.3 is 14.4 Å². The molecule has 0 aliphatic carbocycles. The molecule has 0 N–H and O–H groups in total. The van der Waals surface area contributed by atoms with Crippen LogP contribution in [-0.2, 0) is 20.4 Å². The van der Waals surface area contributed by atoms with Crippen molar-refractivity contribution in [3.05, 3.63) is 18.0 Å². The van der Waals surface area contributed by atoms with E-state index in [2.05, 4.69) is 5.10 Å². The fourth-order valence-electron chi connectivity index (χ4n) is 3.02. The minimum Gasteiger partial charge on any atom is -0.352 e. The fourth-order valence-corrected chi connectivity index (χ4v) is 3.02. The highest BCUT2D eigenvalue weighted by molar-refractivity contribution is 5.76. The van der Waals surface area contributed by atoms with Crippen molar-refractivity contribution in [1.82, 2.24) is 14.7 Å². The molecule has 1 atom stereocenters. The molecule has 2 saturated heterocycles. The summed E-state index contributed by atoms with van der Waals surface area (Å²) in [6.45, 7) is 2.10. The van der Waals surface area contributed by atoms with Crippen LogP contribution < -0.4 is 0 Å². The van der Waals surface area contributed by atoms with Gasteiger partial charge in [-0.05, 0) is 25.3 Å². The second-order valence-corrected chi connectivity index (χ2v) is 6.04. The molecule has 1 unspecified atom stereocenters. The fraction of sp³-hybridized carbons (Fsp3) is 0.733. The molecule has 1 aromatic rings. The van der Waals surface area contributed by atoms with Crippen molar-refractivity contribution < 1.29 is 27.4 Å². The van der Waals surface area contributed by atoms with Gasteiger partial charge in [0.2, 0.25) is 5.91 Å². The number of amides is 1. The Balaban J connectivity index is 1.59. The third-order valence-electron chi connectivity index (χ3n) is 4.26. The van der Waals surface area contributed by atoms with Gasteiger partial charge in [-0.15, -0.1) is 0 Å². The molecular formula is C15H20F3N3O3. The number of hydrogen-bond acceptors (Lipinski definition) is 4. The van der Waals surface area contributed by atoms with Gasteiger partial charge in [0, 0.05) is 19.3 Å². The molecule has 2 aliphatic heterocycles. The first-order valence-corrected chi connectivity index (χ1v) is 8.07. The summed E-state index contributed by atoms with van der Waals surface area (Å²) >= 11 is 0. The lowest BCUT2D eigenvalue weighted by atomic mass is 10.1. The molecule has 1 aromatic heterocycles. The molecule has 3 rings (SSSR count). The average Bonchev–Trinajstić information content (AvgIpc) is 3.06. The monoisotopic (exact) mass is 347 g/mol. The Morgan fingerprint density at radius 1 is 1.29 bits per heavy atom. The maximum Gasteiger partial charge on any atom is 0.435 e. The number of nitrogens with zero attached hydrogens (tertiary/aromatic N) is 3. The second-order valence-electron chi connectivity index (χ2n) is 6.04. The van der Waals surface area contributed by atoms with Gasteiger partial charge in [0.05, 0.1) is 25.7 Å². The molecule has 6 nitrogen and oxygen atoms in total. The lowest BCUT2D eigenvalue weighted by molar-refractivity contribution is -0.187. The van der Waals surface area contributed by atoms with Crippen LogP contribution in [0.2, 0.25) is 0 Å². The van der Waals surface area contributed by atoms with Crippen LogP contribution in [0.5, 0.6) is 0 Å². The minimum absolute atomic E-state index is 0.102. The number of ether oxygens (including phenoxy) is 2. The summed E-state index contributed by atoms with van der Waals surface area (Å²) < 4.78 is 50.1. The van der Waals surface area contributed by atoms with Crippen molar-refractivity contribution in [2.45, 2.75) is 44.2 Å². The van der Waals surface area contributed by atoms with Gasteiger partial charge in [-0.1, -0.05) is 0 Å². The first-order chi connectivity index (χ1) is 11.4. The second kappa shape index (κ2) is 7.10. The number of likely N-dealkylation sites (tertiary alicyclic amines) is 1. The molecule has 2 aliphatic rings. The number of rotatable bonds is 3. The van der Waals surface area contributed by atoms with Crippen LogP contribution in [0.3, 0.4) is 0 Å². The SMILES string of the molecule is O=C(CC1OCCCO1)N1CCCC(n2ccc(C(F)(F)F)n2)C1. The summed E-state index contributed by atoms with van der Waals surface area (Å²) in [5.41, 5.74) is -0.907. The Morgan fingerprint density at radius 2 is 2.04 bits per heavy atom. The van der Waals surface area contributed by atoms with Crippen LogP contribution in [0, 0.1) is 0 Å². The maximum absolute atomic E-state index is 12.7. The predicted octanol–water partition coefficient (Wildman–Crippen LogP) is 2.22. The van der Waals surface area contributed by atoms with E-state index in [-0.39, 0.29) is 18.4 Å². The number of hydrogen-bond donors (Lipinski definition) is 0.